The molecule has 0 saturated carbocycles. The van der Waals surface area contributed by atoms with Crippen molar-refractivity contribution in [2.45, 2.75) is 45.2 Å². The molecule has 1 amide bonds. The van der Waals surface area contributed by atoms with Gasteiger partial charge < -0.3 is 5.32 Å². The number of nitrogens with zero attached hydrogens (tertiary/aromatic N) is 1. The molecule has 3 aromatic rings. The molecule has 0 unspecified atom stereocenters. The molecule has 0 fully saturated rings. The van der Waals surface area contributed by atoms with Crippen molar-refractivity contribution in [3.63, 3.8) is 0 Å². The maximum absolute atomic E-state index is 13.4. The van der Waals surface area contributed by atoms with Gasteiger partial charge in [-0.25, -0.2) is 8.42 Å². The van der Waals surface area contributed by atoms with Gasteiger partial charge in [0, 0.05) is 16.6 Å². The molecule has 3 rings (SSSR count). The summed E-state index contributed by atoms with van der Waals surface area (Å²) < 4.78 is 28.0. The Hall–Kier alpha value is -2.38. The molecule has 0 aromatic heterocycles. The summed E-state index contributed by atoms with van der Waals surface area (Å²) in [4.78, 5) is 13.1. The molecule has 0 radical (unpaired) electrons. The Balaban J connectivity index is 1.87. The van der Waals surface area contributed by atoms with Gasteiger partial charge in [0.15, 0.2) is 0 Å². The van der Waals surface area contributed by atoms with Crippen LogP contribution in [0.25, 0.3) is 0 Å². The number of benzene rings is 3. The third kappa shape index (κ3) is 6.19. The van der Waals surface area contributed by atoms with Gasteiger partial charge in [0.05, 0.1) is 17.5 Å². The number of nitrogens with one attached hydrogen (secondary N) is 1. The highest BCUT2D eigenvalue weighted by molar-refractivity contribution is 7.89. The minimum absolute atomic E-state index is 0.0717. The van der Waals surface area contributed by atoms with E-state index in [1.165, 1.54) is 17.7 Å². The van der Waals surface area contributed by atoms with Gasteiger partial charge in [-0.1, -0.05) is 59.6 Å². The first-order valence-electron chi connectivity index (χ1n) is 10.8. The Morgan fingerprint density at radius 1 is 0.941 bits per heavy atom. The summed E-state index contributed by atoms with van der Waals surface area (Å²) >= 11 is 12.3. The van der Waals surface area contributed by atoms with Crippen molar-refractivity contribution in [1.82, 2.24) is 9.62 Å². The Morgan fingerprint density at radius 2 is 1.59 bits per heavy atom. The van der Waals surface area contributed by atoms with Gasteiger partial charge in [-0.15, -0.1) is 0 Å². The molecule has 0 aliphatic carbocycles. The number of hydrogen-bond acceptors (Lipinski definition) is 3. The predicted molar refractivity (Wildman–Crippen MR) is 138 cm³/mol. The van der Waals surface area contributed by atoms with Crippen molar-refractivity contribution >= 4 is 39.1 Å². The monoisotopic (exact) mass is 518 g/mol. The number of aryl methyl sites for hydroxylation is 3. The highest BCUT2D eigenvalue weighted by Gasteiger charge is 2.28. The van der Waals surface area contributed by atoms with Crippen LogP contribution < -0.4 is 5.32 Å². The minimum atomic E-state index is -3.96. The minimum Gasteiger partial charge on any atom is -0.348 e. The maximum atomic E-state index is 13.4. The first kappa shape index (κ1) is 26.2. The maximum Gasteiger partial charge on any atom is 0.243 e. The van der Waals surface area contributed by atoms with E-state index in [-0.39, 0.29) is 24.0 Å². The van der Waals surface area contributed by atoms with Crippen LogP contribution in [0.5, 0.6) is 0 Å². The molecule has 8 heteroatoms. The summed E-state index contributed by atoms with van der Waals surface area (Å²) in [5.41, 5.74) is 4.93. The lowest BCUT2D eigenvalue weighted by molar-refractivity contribution is -0.122. The van der Waals surface area contributed by atoms with Gasteiger partial charge in [-0.2, -0.15) is 4.31 Å². The summed E-state index contributed by atoms with van der Waals surface area (Å²) in [6.45, 7) is 7.53. The van der Waals surface area contributed by atoms with Crippen LogP contribution in [0.15, 0.2) is 65.6 Å². The second-order valence-electron chi connectivity index (χ2n) is 8.40. The number of rotatable bonds is 8. The van der Waals surface area contributed by atoms with Gasteiger partial charge in [-0.3, -0.25) is 4.79 Å². The SMILES string of the molecule is Cc1cc(C)c([C@H](C)NC(=O)CN(Cc2ccc(Cl)cc2Cl)S(=O)(=O)c2ccccc2)cc1C. The van der Waals surface area contributed by atoms with Gasteiger partial charge >= 0.3 is 0 Å². The number of carbonyl (C=O) groups is 1. The third-order valence-electron chi connectivity index (χ3n) is 5.79. The number of sulfonamides is 1. The van der Waals surface area contributed by atoms with E-state index in [0.29, 0.717) is 15.6 Å². The molecule has 3 aromatic carbocycles. The highest BCUT2D eigenvalue weighted by atomic mass is 35.5. The van der Waals surface area contributed by atoms with Crippen molar-refractivity contribution in [2.75, 3.05) is 6.54 Å². The molecule has 34 heavy (non-hydrogen) atoms. The summed E-state index contributed by atoms with van der Waals surface area (Å²) in [7, 11) is -3.96. The largest absolute Gasteiger partial charge is 0.348 e. The van der Waals surface area contributed by atoms with Crippen LogP contribution in [0, 0.1) is 20.8 Å². The molecular weight excluding hydrogens is 491 g/mol. The molecule has 0 aliphatic heterocycles. The Labute approximate surface area is 211 Å². The molecule has 1 N–H and O–H groups in total. The fourth-order valence-corrected chi connectivity index (χ4v) is 5.65. The molecule has 180 valence electrons. The van der Waals surface area contributed by atoms with Crippen molar-refractivity contribution in [3.8, 4) is 0 Å². The molecule has 0 saturated heterocycles. The summed E-state index contributed by atoms with van der Waals surface area (Å²) in [5.74, 6) is -0.408. The second-order valence-corrected chi connectivity index (χ2v) is 11.2. The second kappa shape index (κ2) is 10.9. The fourth-order valence-electron chi connectivity index (χ4n) is 3.78. The fraction of sp³-hybridized carbons (Fsp3) is 0.269. The normalized spacial score (nSPS) is 12.6. The molecule has 0 bridgehead atoms. The van der Waals surface area contributed by atoms with Crippen LogP contribution in [0.3, 0.4) is 0 Å². The zero-order valence-electron chi connectivity index (χ0n) is 19.6. The van der Waals surface area contributed by atoms with E-state index < -0.39 is 15.9 Å². The van der Waals surface area contributed by atoms with Gasteiger partial charge in [0.25, 0.3) is 0 Å². The van der Waals surface area contributed by atoms with E-state index in [9.17, 15) is 13.2 Å². The zero-order chi connectivity index (χ0) is 25.0. The zero-order valence-corrected chi connectivity index (χ0v) is 21.9. The van der Waals surface area contributed by atoms with Crippen LogP contribution in [-0.4, -0.2) is 25.2 Å². The average molecular weight is 519 g/mol. The smallest absolute Gasteiger partial charge is 0.243 e. The van der Waals surface area contributed by atoms with E-state index >= 15 is 0 Å². The predicted octanol–water partition coefficient (Wildman–Crippen LogP) is 5.99. The van der Waals surface area contributed by atoms with Crippen LogP contribution in [0.1, 0.15) is 40.8 Å². The third-order valence-corrected chi connectivity index (χ3v) is 8.18. The number of carbonyl (C=O) groups excluding carboxylic acids is 1. The van der Waals surface area contributed by atoms with E-state index in [4.69, 9.17) is 23.2 Å². The highest BCUT2D eigenvalue weighted by Crippen LogP contribution is 2.26. The van der Waals surface area contributed by atoms with Gasteiger partial charge in [0.1, 0.15) is 0 Å². The first-order valence-corrected chi connectivity index (χ1v) is 13.0. The summed E-state index contributed by atoms with van der Waals surface area (Å²) in [6.07, 6.45) is 0. The van der Waals surface area contributed by atoms with E-state index in [0.717, 1.165) is 21.0 Å². The lowest BCUT2D eigenvalue weighted by atomic mass is 9.96. The molecule has 5 nitrogen and oxygen atoms in total. The average Bonchev–Trinajstić information content (AvgIpc) is 2.77. The molecular formula is C26H28Cl2N2O3S. The topological polar surface area (TPSA) is 66.5 Å². The van der Waals surface area contributed by atoms with Gasteiger partial charge in [0.2, 0.25) is 15.9 Å². The molecule has 0 spiro atoms. The van der Waals surface area contributed by atoms with Crippen molar-refractivity contribution in [3.05, 3.63) is 98.5 Å². The quantitative estimate of drug-likeness (QED) is 0.398. The van der Waals surface area contributed by atoms with Crippen molar-refractivity contribution in [2.24, 2.45) is 0 Å². The lowest BCUT2D eigenvalue weighted by Crippen LogP contribution is -2.41. The van der Waals surface area contributed by atoms with Crippen LogP contribution >= 0.6 is 23.2 Å². The lowest BCUT2D eigenvalue weighted by Gasteiger charge is -2.24. The van der Waals surface area contributed by atoms with Crippen molar-refractivity contribution < 1.29 is 13.2 Å². The van der Waals surface area contributed by atoms with E-state index in [1.54, 1.807) is 36.4 Å². The van der Waals surface area contributed by atoms with E-state index in [2.05, 4.69) is 17.4 Å². The van der Waals surface area contributed by atoms with Gasteiger partial charge in [-0.05, 0) is 79.8 Å². The van der Waals surface area contributed by atoms with E-state index in [1.807, 2.05) is 27.7 Å². The van der Waals surface area contributed by atoms with Crippen LogP contribution in [-0.2, 0) is 21.4 Å². The molecule has 0 heterocycles. The van der Waals surface area contributed by atoms with Crippen LogP contribution in [0.4, 0.5) is 0 Å². The number of hydrogen-bond donors (Lipinski definition) is 1. The van der Waals surface area contributed by atoms with Crippen LogP contribution in [0.2, 0.25) is 10.0 Å². The Morgan fingerprint density at radius 3 is 2.24 bits per heavy atom. The summed E-state index contributed by atoms with van der Waals surface area (Å²) in [6, 6.07) is 16.7. The van der Waals surface area contributed by atoms with Crippen molar-refractivity contribution in [1.29, 1.82) is 0 Å². The Bertz CT molecular complexity index is 1290. The standard InChI is InChI=1S/C26H28Cl2N2O3S/c1-17-12-19(3)24(13-18(17)2)20(4)29-26(31)16-30(15-21-10-11-22(27)14-25(21)28)34(32,33)23-8-6-5-7-9-23/h5-14,20H,15-16H2,1-4H3,(H,29,31)/t20-/m0/s1. The first-order chi connectivity index (χ1) is 16.0. The molecule has 1 atom stereocenters. The summed E-state index contributed by atoms with van der Waals surface area (Å²) in [5, 5.41) is 3.73. The number of halogens is 2. The molecule has 0 aliphatic rings. The Kier molecular flexibility index (Phi) is 8.42. The number of amides is 1.